The predicted octanol–water partition coefficient (Wildman–Crippen LogP) is 2.53. The Morgan fingerprint density at radius 1 is 1.18 bits per heavy atom. The van der Waals surface area contributed by atoms with Gasteiger partial charge in [0.15, 0.2) is 5.65 Å². The Labute approximate surface area is 103 Å². The van der Waals surface area contributed by atoms with Gasteiger partial charge < -0.3 is 0 Å². The van der Waals surface area contributed by atoms with Gasteiger partial charge in [0.1, 0.15) is 0 Å². The molecule has 0 spiro atoms. The third-order valence-corrected chi connectivity index (χ3v) is 2.85. The molecule has 3 rings (SSSR count). The van der Waals surface area contributed by atoms with Crippen molar-refractivity contribution in [3.63, 3.8) is 0 Å². The second kappa shape index (κ2) is 4.14. The molecule has 0 radical (unpaired) electrons. The molecule has 0 N–H and O–H groups in total. The van der Waals surface area contributed by atoms with Crippen LogP contribution in [0.15, 0.2) is 43.0 Å². The van der Waals surface area contributed by atoms with Crippen molar-refractivity contribution in [2.75, 3.05) is 0 Å². The number of pyridine rings is 1. The largest absolute Gasteiger partial charge is 0.265 e. The lowest BCUT2D eigenvalue weighted by Gasteiger charge is -1.97. The average Bonchev–Trinajstić information content (AvgIpc) is 2.78. The van der Waals surface area contributed by atoms with Crippen LogP contribution in [0.25, 0.3) is 16.9 Å². The third kappa shape index (κ3) is 1.66. The first-order valence-corrected chi connectivity index (χ1v) is 5.72. The fourth-order valence-electron chi connectivity index (χ4n) is 1.80. The quantitative estimate of drug-likeness (QED) is 0.651. The highest BCUT2D eigenvalue weighted by molar-refractivity contribution is 6.18. The minimum Gasteiger partial charge on any atom is -0.265 e. The van der Waals surface area contributed by atoms with Crippen molar-refractivity contribution in [3.8, 4) is 11.3 Å². The van der Waals surface area contributed by atoms with Gasteiger partial charge in [0.05, 0.1) is 11.6 Å². The minimum absolute atomic E-state index is 0.387. The van der Waals surface area contributed by atoms with E-state index in [-0.39, 0.29) is 0 Å². The Balaban J connectivity index is 2.30. The smallest absolute Gasteiger partial charge is 0.159 e. The molecule has 0 bridgehead atoms. The topological polar surface area (TPSA) is 43.1 Å². The normalized spacial score (nSPS) is 10.9. The fourth-order valence-corrected chi connectivity index (χ4v) is 2.05. The van der Waals surface area contributed by atoms with Gasteiger partial charge in [-0.15, -0.1) is 11.6 Å². The van der Waals surface area contributed by atoms with Gasteiger partial charge in [-0.05, 0) is 18.2 Å². The van der Waals surface area contributed by atoms with E-state index in [0.29, 0.717) is 5.88 Å². The summed E-state index contributed by atoms with van der Waals surface area (Å²) in [7, 11) is 0. The molecule has 0 aliphatic rings. The maximum atomic E-state index is 5.99. The van der Waals surface area contributed by atoms with Crippen LogP contribution in [0.2, 0.25) is 0 Å². The van der Waals surface area contributed by atoms with Crippen LogP contribution in [0.1, 0.15) is 5.56 Å². The zero-order chi connectivity index (χ0) is 11.7. The van der Waals surface area contributed by atoms with Crippen LogP contribution in [0, 0.1) is 0 Å². The van der Waals surface area contributed by atoms with E-state index in [4.69, 9.17) is 11.6 Å². The van der Waals surface area contributed by atoms with E-state index in [9.17, 15) is 0 Å². The lowest BCUT2D eigenvalue weighted by Crippen LogP contribution is -1.87. The van der Waals surface area contributed by atoms with Gasteiger partial charge in [0, 0.05) is 35.9 Å². The third-order valence-electron chi connectivity index (χ3n) is 2.58. The van der Waals surface area contributed by atoms with E-state index in [1.54, 1.807) is 23.1 Å². The molecule has 0 atom stereocenters. The van der Waals surface area contributed by atoms with Crippen LogP contribution < -0.4 is 0 Å². The van der Waals surface area contributed by atoms with E-state index in [0.717, 1.165) is 22.5 Å². The van der Waals surface area contributed by atoms with E-state index in [1.807, 2.05) is 24.4 Å². The van der Waals surface area contributed by atoms with Crippen LogP contribution in [-0.2, 0) is 5.88 Å². The van der Waals surface area contributed by atoms with Gasteiger partial charge in [-0.25, -0.2) is 9.50 Å². The van der Waals surface area contributed by atoms with Gasteiger partial charge >= 0.3 is 0 Å². The zero-order valence-corrected chi connectivity index (χ0v) is 9.67. The lowest BCUT2D eigenvalue weighted by atomic mass is 10.1. The van der Waals surface area contributed by atoms with Crippen molar-refractivity contribution in [1.29, 1.82) is 0 Å². The van der Waals surface area contributed by atoms with E-state index < -0.39 is 0 Å². The highest BCUT2D eigenvalue weighted by atomic mass is 35.5. The molecule has 5 heteroatoms. The molecule has 0 saturated carbocycles. The summed E-state index contributed by atoms with van der Waals surface area (Å²) in [6, 6.07) is 5.67. The summed E-state index contributed by atoms with van der Waals surface area (Å²) in [5.41, 5.74) is 3.61. The Morgan fingerprint density at radius 2 is 2.00 bits per heavy atom. The average molecular weight is 245 g/mol. The van der Waals surface area contributed by atoms with Crippen molar-refractivity contribution < 1.29 is 0 Å². The van der Waals surface area contributed by atoms with Crippen molar-refractivity contribution in [2.24, 2.45) is 0 Å². The van der Waals surface area contributed by atoms with Crippen LogP contribution in [0.5, 0.6) is 0 Å². The summed E-state index contributed by atoms with van der Waals surface area (Å²) < 4.78 is 1.74. The second-order valence-corrected chi connectivity index (χ2v) is 3.85. The zero-order valence-electron chi connectivity index (χ0n) is 8.92. The number of alkyl halides is 1. The molecule has 3 aromatic rings. The van der Waals surface area contributed by atoms with Gasteiger partial charge in [-0.3, -0.25) is 4.98 Å². The van der Waals surface area contributed by atoms with Gasteiger partial charge in [0.25, 0.3) is 0 Å². The minimum atomic E-state index is 0.387. The Kier molecular flexibility index (Phi) is 2.49. The van der Waals surface area contributed by atoms with E-state index in [1.165, 1.54) is 0 Å². The first-order valence-electron chi connectivity index (χ1n) is 5.19. The molecule has 17 heavy (non-hydrogen) atoms. The molecule has 84 valence electrons. The van der Waals surface area contributed by atoms with Crippen molar-refractivity contribution in [3.05, 3.63) is 48.5 Å². The molecular formula is C12H9ClN4. The summed E-state index contributed by atoms with van der Waals surface area (Å²) in [5, 5.41) is 4.50. The van der Waals surface area contributed by atoms with Gasteiger partial charge in [0.2, 0.25) is 0 Å². The van der Waals surface area contributed by atoms with E-state index >= 15 is 0 Å². The Bertz CT molecular complexity index is 648. The molecule has 0 saturated heterocycles. The van der Waals surface area contributed by atoms with Crippen molar-refractivity contribution >= 4 is 17.2 Å². The maximum Gasteiger partial charge on any atom is 0.159 e. The summed E-state index contributed by atoms with van der Waals surface area (Å²) >= 11 is 5.99. The van der Waals surface area contributed by atoms with Gasteiger partial charge in [-0.2, -0.15) is 5.10 Å². The molecule has 0 unspecified atom stereocenters. The Hall–Kier alpha value is -1.94. The predicted molar refractivity (Wildman–Crippen MR) is 65.8 cm³/mol. The fraction of sp³-hybridized carbons (Fsp3) is 0.0833. The van der Waals surface area contributed by atoms with Crippen LogP contribution in [-0.4, -0.2) is 19.6 Å². The molecule has 3 heterocycles. The summed E-state index contributed by atoms with van der Waals surface area (Å²) in [6.45, 7) is 0. The highest BCUT2D eigenvalue weighted by Crippen LogP contribution is 2.25. The molecule has 0 aromatic carbocycles. The monoisotopic (exact) mass is 244 g/mol. The molecular weight excluding hydrogens is 236 g/mol. The first kappa shape index (κ1) is 10.2. The van der Waals surface area contributed by atoms with E-state index in [2.05, 4.69) is 15.1 Å². The molecule has 0 fully saturated rings. The van der Waals surface area contributed by atoms with Crippen molar-refractivity contribution in [2.45, 2.75) is 5.88 Å². The van der Waals surface area contributed by atoms with Crippen LogP contribution in [0.3, 0.4) is 0 Å². The number of nitrogens with zero attached hydrogens (tertiary/aromatic N) is 4. The standard InChI is InChI=1S/C12H9ClN4/c13-8-10-11(9-2-5-14-6-3-9)16-17-7-1-4-15-12(10)17/h1-7H,8H2. The summed E-state index contributed by atoms with van der Waals surface area (Å²) in [4.78, 5) is 8.30. The number of fused-ring (bicyclic) bond motifs is 1. The lowest BCUT2D eigenvalue weighted by molar-refractivity contribution is 0.943. The SMILES string of the molecule is ClCc1c(-c2ccncc2)nn2cccnc12. The molecule has 4 nitrogen and oxygen atoms in total. The molecule has 0 aliphatic carbocycles. The molecule has 0 amide bonds. The van der Waals surface area contributed by atoms with Crippen molar-refractivity contribution in [1.82, 2.24) is 19.6 Å². The summed E-state index contributed by atoms with van der Waals surface area (Å²) in [5.74, 6) is 0.387. The number of aromatic nitrogens is 4. The highest BCUT2D eigenvalue weighted by Gasteiger charge is 2.13. The number of hydrogen-bond donors (Lipinski definition) is 0. The Morgan fingerprint density at radius 3 is 2.76 bits per heavy atom. The van der Waals surface area contributed by atoms with Gasteiger partial charge in [-0.1, -0.05) is 0 Å². The molecule has 0 aliphatic heterocycles. The number of rotatable bonds is 2. The molecule has 3 aromatic heterocycles. The van der Waals surface area contributed by atoms with Crippen LogP contribution >= 0.6 is 11.6 Å². The maximum absolute atomic E-state index is 5.99. The second-order valence-electron chi connectivity index (χ2n) is 3.58. The summed E-state index contributed by atoms with van der Waals surface area (Å²) in [6.07, 6.45) is 7.09. The van der Waals surface area contributed by atoms with Crippen LogP contribution in [0.4, 0.5) is 0 Å². The number of halogens is 1. The number of hydrogen-bond acceptors (Lipinski definition) is 3. The first-order chi connectivity index (χ1) is 8.40.